The van der Waals surface area contributed by atoms with E-state index in [9.17, 15) is 4.79 Å². The second-order valence-corrected chi connectivity index (χ2v) is 4.51. The maximum Gasteiger partial charge on any atom is 0.254 e. The Morgan fingerprint density at radius 3 is 2.47 bits per heavy atom. The van der Waals surface area contributed by atoms with Gasteiger partial charge in [-0.1, -0.05) is 18.4 Å². The lowest BCUT2D eigenvalue weighted by Crippen LogP contribution is -2.40. The van der Waals surface area contributed by atoms with E-state index >= 15 is 0 Å². The van der Waals surface area contributed by atoms with Gasteiger partial charge in [0.15, 0.2) is 0 Å². The molecule has 0 unspecified atom stereocenters. The summed E-state index contributed by atoms with van der Waals surface area (Å²) in [4.78, 5) is 14.0. The number of benzene rings is 1. The van der Waals surface area contributed by atoms with Gasteiger partial charge in [0.2, 0.25) is 0 Å². The van der Waals surface area contributed by atoms with E-state index in [2.05, 4.69) is 18.4 Å². The molecular formula is C16H17NO2. The van der Waals surface area contributed by atoms with E-state index in [1.165, 1.54) is 0 Å². The summed E-state index contributed by atoms with van der Waals surface area (Å²) in [5.74, 6) is 5.97. The molecule has 3 heteroatoms. The third-order valence-electron chi connectivity index (χ3n) is 2.85. The Balaban J connectivity index is 2.07. The third kappa shape index (κ3) is 3.70. The van der Waals surface area contributed by atoms with Crippen LogP contribution in [0.1, 0.15) is 22.8 Å². The molecule has 0 saturated carbocycles. The molecule has 0 N–H and O–H groups in total. The molecule has 0 aromatic heterocycles. The van der Waals surface area contributed by atoms with Crippen LogP contribution in [0.3, 0.4) is 0 Å². The topological polar surface area (TPSA) is 29.5 Å². The summed E-state index contributed by atoms with van der Waals surface area (Å²) in [6, 6.07) is 7.37. The molecule has 0 bridgehead atoms. The molecule has 0 aliphatic carbocycles. The van der Waals surface area contributed by atoms with Gasteiger partial charge in [0.1, 0.15) is 0 Å². The van der Waals surface area contributed by atoms with Crippen molar-refractivity contribution in [3.8, 4) is 11.8 Å². The highest BCUT2D eigenvalue weighted by Gasteiger charge is 2.17. The van der Waals surface area contributed by atoms with Crippen molar-refractivity contribution in [2.45, 2.75) is 6.92 Å². The fraction of sp³-hybridized carbons (Fsp3) is 0.312. The van der Waals surface area contributed by atoms with Crippen LogP contribution in [0.5, 0.6) is 0 Å². The van der Waals surface area contributed by atoms with Crippen LogP contribution < -0.4 is 0 Å². The number of morpholine rings is 1. The van der Waals surface area contributed by atoms with Crippen LogP contribution in [-0.4, -0.2) is 37.1 Å². The zero-order valence-corrected chi connectivity index (χ0v) is 11.1. The van der Waals surface area contributed by atoms with Crippen LogP contribution in [0, 0.1) is 11.8 Å². The van der Waals surface area contributed by atoms with Gasteiger partial charge in [-0.25, -0.2) is 0 Å². The average Bonchev–Trinajstić information content (AvgIpc) is 2.46. The Morgan fingerprint density at radius 2 is 1.89 bits per heavy atom. The van der Waals surface area contributed by atoms with Crippen LogP contribution in [0.2, 0.25) is 0 Å². The second kappa shape index (κ2) is 6.21. The van der Waals surface area contributed by atoms with Crippen molar-refractivity contribution < 1.29 is 9.53 Å². The molecule has 98 valence electrons. The maximum atomic E-state index is 12.2. The summed E-state index contributed by atoms with van der Waals surface area (Å²) in [5.41, 5.74) is 2.41. The molecule has 1 saturated heterocycles. The number of amides is 1. The lowest BCUT2D eigenvalue weighted by molar-refractivity contribution is 0.0303. The van der Waals surface area contributed by atoms with E-state index in [1.807, 2.05) is 36.1 Å². The van der Waals surface area contributed by atoms with E-state index in [4.69, 9.17) is 4.74 Å². The van der Waals surface area contributed by atoms with E-state index < -0.39 is 0 Å². The Hall–Kier alpha value is -2.05. The van der Waals surface area contributed by atoms with E-state index in [0.29, 0.717) is 31.9 Å². The standard InChI is InChI=1S/C16H17NO2/c1-13(2)3-4-14-5-7-15(8-6-14)16(18)17-9-11-19-12-10-17/h5-8H,1,9-12H2,2H3. The van der Waals surface area contributed by atoms with Crippen LogP contribution in [-0.2, 0) is 4.74 Å². The number of rotatable bonds is 1. The van der Waals surface area contributed by atoms with Gasteiger partial charge in [-0.05, 0) is 36.8 Å². The van der Waals surface area contributed by atoms with Crippen molar-refractivity contribution in [1.29, 1.82) is 0 Å². The number of carbonyl (C=O) groups excluding carboxylic acids is 1. The third-order valence-corrected chi connectivity index (χ3v) is 2.85. The lowest BCUT2D eigenvalue weighted by Gasteiger charge is -2.26. The van der Waals surface area contributed by atoms with Gasteiger partial charge >= 0.3 is 0 Å². The Morgan fingerprint density at radius 1 is 1.26 bits per heavy atom. The van der Waals surface area contributed by atoms with Gasteiger partial charge in [-0.2, -0.15) is 0 Å². The summed E-state index contributed by atoms with van der Waals surface area (Å²) in [6.07, 6.45) is 0. The van der Waals surface area contributed by atoms with E-state index in [1.54, 1.807) is 0 Å². The first-order valence-corrected chi connectivity index (χ1v) is 6.31. The summed E-state index contributed by atoms with van der Waals surface area (Å²) < 4.78 is 5.24. The number of ether oxygens (including phenoxy) is 1. The van der Waals surface area contributed by atoms with Gasteiger partial charge in [-0.15, -0.1) is 0 Å². The highest BCUT2D eigenvalue weighted by Crippen LogP contribution is 2.09. The molecule has 2 rings (SSSR count). The predicted molar refractivity (Wildman–Crippen MR) is 74.9 cm³/mol. The van der Waals surface area contributed by atoms with Crippen molar-refractivity contribution in [3.05, 3.63) is 47.5 Å². The average molecular weight is 255 g/mol. The number of hydrogen-bond donors (Lipinski definition) is 0. The number of allylic oxidation sites excluding steroid dienone is 1. The summed E-state index contributed by atoms with van der Waals surface area (Å²) in [6.45, 7) is 8.16. The number of nitrogens with zero attached hydrogens (tertiary/aromatic N) is 1. The molecule has 1 aromatic rings. The molecule has 1 aromatic carbocycles. The molecule has 19 heavy (non-hydrogen) atoms. The molecule has 3 nitrogen and oxygen atoms in total. The fourth-order valence-corrected chi connectivity index (χ4v) is 1.82. The minimum atomic E-state index is 0.0581. The molecule has 1 amide bonds. The predicted octanol–water partition coefficient (Wildman–Crippen LogP) is 2.09. The van der Waals surface area contributed by atoms with Crippen molar-refractivity contribution in [3.63, 3.8) is 0 Å². The van der Waals surface area contributed by atoms with Crippen LogP contribution >= 0.6 is 0 Å². The van der Waals surface area contributed by atoms with Crippen LogP contribution in [0.25, 0.3) is 0 Å². The maximum absolute atomic E-state index is 12.2. The van der Waals surface area contributed by atoms with Gasteiger partial charge in [0.05, 0.1) is 13.2 Å². The van der Waals surface area contributed by atoms with Gasteiger partial charge in [0.25, 0.3) is 5.91 Å². The zero-order valence-electron chi connectivity index (χ0n) is 11.1. The second-order valence-electron chi connectivity index (χ2n) is 4.51. The SMILES string of the molecule is C=C(C)C#Cc1ccc(C(=O)N2CCOCC2)cc1. The number of hydrogen-bond acceptors (Lipinski definition) is 2. The summed E-state index contributed by atoms with van der Waals surface area (Å²) in [5, 5.41) is 0. The fourth-order valence-electron chi connectivity index (χ4n) is 1.82. The highest BCUT2D eigenvalue weighted by molar-refractivity contribution is 5.94. The van der Waals surface area contributed by atoms with Crippen molar-refractivity contribution in [1.82, 2.24) is 4.90 Å². The van der Waals surface area contributed by atoms with Crippen LogP contribution in [0.15, 0.2) is 36.4 Å². The molecule has 1 aliphatic rings. The molecule has 1 aliphatic heterocycles. The molecule has 0 atom stereocenters. The Labute approximate surface area is 113 Å². The normalized spacial score (nSPS) is 14.5. The summed E-state index contributed by atoms with van der Waals surface area (Å²) >= 11 is 0. The van der Waals surface area contributed by atoms with E-state index in [-0.39, 0.29) is 5.91 Å². The first-order valence-electron chi connectivity index (χ1n) is 6.31. The quantitative estimate of drug-likeness (QED) is 0.719. The summed E-state index contributed by atoms with van der Waals surface area (Å²) in [7, 11) is 0. The van der Waals surface area contributed by atoms with Crippen molar-refractivity contribution in [2.75, 3.05) is 26.3 Å². The first kappa shape index (κ1) is 13.4. The molecule has 0 spiro atoms. The first-order chi connectivity index (χ1) is 9.16. The van der Waals surface area contributed by atoms with Crippen LogP contribution in [0.4, 0.5) is 0 Å². The minimum absolute atomic E-state index is 0.0581. The Kier molecular flexibility index (Phi) is 4.38. The zero-order chi connectivity index (χ0) is 13.7. The van der Waals surface area contributed by atoms with Gasteiger partial charge in [0, 0.05) is 24.2 Å². The van der Waals surface area contributed by atoms with E-state index in [0.717, 1.165) is 11.1 Å². The van der Waals surface area contributed by atoms with Gasteiger partial charge < -0.3 is 9.64 Å². The number of carbonyl (C=O) groups is 1. The lowest BCUT2D eigenvalue weighted by atomic mass is 10.1. The molecular weight excluding hydrogens is 238 g/mol. The van der Waals surface area contributed by atoms with Gasteiger partial charge in [-0.3, -0.25) is 4.79 Å². The Bertz CT molecular complexity index is 528. The van der Waals surface area contributed by atoms with Crippen molar-refractivity contribution in [2.24, 2.45) is 0 Å². The monoisotopic (exact) mass is 255 g/mol. The molecule has 1 heterocycles. The largest absolute Gasteiger partial charge is 0.378 e. The smallest absolute Gasteiger partial charge is 0.254 e. The highest BCUT2D eigenvalue weighted by atomic mass is 16.5. The molecule has 1 fully saturated rings. The molecule has 0 radical (unpaired) electrons. The minimum Gasteiger partial charge on any atom is -0.378 e. The van der Waals surface area contributed by atoms with Crippen molar-refractivity contribution >= 4 is 5.91 Å².